The quantitative estimate of drug-likeness (QED) is 0.801. The molecule has 146 valence electrons. The van der Waals surface area contributed by atoms with Gasteiger partial charge in [0.2, 0.25) is 11.8 Å². The molecule has 0 aromatic heterocycles. The third kappa shape index (κ3) is 4.33. The first-order chi connectivity index (χ1) is 13.4. The van der Waals surface area contributed by atoms with Crippen LogP contribution in [0.15, 0.2) is 49.0 Å². The van der Waals surface area contributed by atoms with Gasteiger partial charge in [-0.1, -0.05) is 49.4 Å². The minimum atomic E-state index is -0.385. The number of allylic oxidation sites excluding steroid dienone is 1. The molecule has 0 aliphatic carbocycles. The van der Waals surface area contributed by atoms with E-state index in [1.54, 1.807) is 0 Å². The summed E-state index contributed by atoms with van der Waals surface area (Å²) in [5.41, 5.74) is 5.94. The topological polar surface area (TPSA) is 49.4 Å². The number of benzene rings is 2. The van der Waals surface area contributed by atoms with Crippen LogP contribution in [0.3, 0.4) is 0 Å². The maximum atomic E-state index is 13.0. The molecule has 2 amide bonds. The zero-order valence-corrected chi connectivity index (χ0v) is 16.9. The summed E-state index contributed by atoms with van der Waals surface area (Å²) in [6.07, 6.45) is 2.10. The van der Waals surface area contributed by atoms with E-state index in [1.165, 1.54) is 11.1 Å². The van der Waals surface area contributed by atoms with E-state index in [0.29, 0.717) is 6.54 Å². The first-order valence-electron chi connectivity index (χ1n) is 9.82. The Hall–Kier alpha value is -2.88. The highest BCUT2D eigenvalue weighted by Crippen LogP contribution is 2.30. The molecule has 4 nitrogen and oxygen atoms in total. The number of nitrogens with one attached hydrogen (secondary N) is 1. The second-order valence-corrected chi connectivity index (χ2v) is 7.70. The molecule has 1 heterocycles. The fraction of sp³-hybridized carbons (Fsp3) is 0.333. The minimum Gasteiger partial charge on any atom is -0.326 e. The lowest BCUT2D eigenvalue weighted by Gasteiger charge is -2.31. The van der Waals surface area contributed by atoms with Crippen LogP contribution >= 0.6 is 0 Å². The van der Waals surface area contributed by atoms with E-state index in [0.717, 1.165) is 35.4 Å². The highest BCUT2D eigenvalue weighted by Gasteiger charge is 2.27. The molecule has 0 saturated carbocycles. The highest BCUT2D eigenvalue weighted by atomic mass is 16.2. The predicted octanol–water partition coefficient (Wildman–Crippen LogP) is 4.97. The summed E-state index contributed by atoms with van der Waals surface area (Å²) in [5, 5.41) is 2.94. The molecule has 0 saturated heterocycles. The number of hydrogen-bond acceptors (Lipinski definition) is 2. The second-order valence-electron chi connectivity index (χ2n) is 7.70. The smallest absolute Gasteiger partial charge is 0.230 e. The standard InChI is InChI=1S/C24H28N2O2/c1-16(2)20-9-5-6-10-21(20)25-23(27)15-18(4)24(28)26-13-7-8-19-14-17(3)11-12-22(19)26/h5-6,9-12,14,18H,1,7-8,13,15H2,2-4H3,(H,25,27). The molecule has 1 atom stereocenters. The molecule has 0 bridgehead atoms. The third-order valence-corrected chi connectivity index (χ3v) is 5.19. The van der Waals surface area contributed by atoms with Gasteiger partial charge in [-0.2, -0.15) is 0 Å². The van der Waals surface area contributed by atoms with E-state index in [1.807, 2.05) is 55.1 Å². The zero-order valence-electron chi connectivity index (χ0n) is 16.9. The Morgan fingerprint density at radius 3 is 2.71 bits per heavy atom. The normalized spacial score (nSPS) is 14.2. The van der Waals surface area contributed by atoms with Gasteiger partial charge in [-0.15, -0.1) is 0 Å². The van der Waals surface area contributed by atoms with Gasteiger partial charge in [0.15, 0.2) is 0 Å². The number of rotatable bonds is 5. The molecule has 3 rings (SSSR count). The lowest BCUT2D eigenvalue weighted by atomic mass is 9.97. The molecule has 1 N–H and O–H groups in total. The number of carbonyl (C=O) groups is 2. The van der Waals surface area contributed by atoms with Gasteiger partial charge in [0.25, 0.3) is 0 Å². The number of fused-ring (bicyclic) bond motifs is 1. The number of amides is 2. The molecule has 2 aromatic carbocycles. The lowest BCUT2D eigenvalue weighted by molar-refractivity contribution is -0.126. The van der Waals surface area contributed by atoms with Crippen molar-refractivity contribution in [3.8, 4) is 0 Å². The fourth-order valence-electron chi connectivity index (χ4n) is 3.75. The third-order valence-electron chi connectivity index (χ3n) is 5.19. The van der Waals surface area contributed by atoms with Crippen LogP contribution in [0, 0.1) is 12.8 Å². The number of nitrogens with zero attached hydrogens (tertiary/aromatic N) is 1. The SMILES string of the molecule is C=C(C)c1ccccc1NC(=O)CC(C)C(=O)N1CCCc2cc(C)ccc21. The van der Waals surface area contributed by atoms with Gasteiger partial charge in [-0.3, -0.25) is 9.59 Å². The van der Waals surface area contributed by atoms with Crippen molar-refractivity contribution in [2.24, 2.45) is 5.92 Å². The summed E-state index contributed by atoms with van der Waals surface area (Å²) in [7, 11) is 0. The Balaban J connectivity index is 1.69. The number of carbonyl (C=O) groups excluding carboxylic acids is 2. The minimum absolute atomic E-state index is 0.00754. The average molecular weight is 377 g/mol. The zero-order chi connectivity index (χ0) is 20.3. The Morgan fingerprint density at radius 1 is 1.21 bits per heavy atom. The van der Waals surface area contributed by atoms with Gasteiger partial charge in [0, 0.05) is 35.8 Å². The van der Waals surface area contributed by atoms with Crippen LogP contribution in [0.5, 0.6) is 0 Å². The number of anilines is 2. The first kappa shape index (κ1) is 19.9. The maximum absolute atomic E-state index is 13.0. The summed E-state index contributed by atoms with van der Waals surface area (Å²) < 4.78 is 0. The van der Waals surface area contributed by atoms with Crippen molar-refractivity contribution in [2.45, 2.75) is 40.0 Å². The first-order valence-corrected chi connectivity index (χ1v) is 9.82. The van der Waals surface area contributed by atoms with Crippen LogP contribution in [-0.4, -0.2) is 18.4 Å². The number of hydrogen-bond donors (Lipinski definition) is 1. The van der Waals surface area contributed by atoms with Crippen molar-refractivity contribution < 1.29 is 9.59 Å². The van der Waals surface area contributed by atoms with Gasteiger partial charge in [0.1, 0.15) is 0 Å². The van der Waals surface area contributed by atoms with E-state index in [-0.39, 0.29) is 24.2 Å². The molecule has 1 aliphatic rings. The van der Waals surface area contributed by atoms with Crippen LogP contribution < -0.4 is 10.2 Å². The Labute approximate surface area is 167 Å². The lowest BCUT2D eigenvalue weighted by Crippen LogP contribution is -2.40. The van der Waals surface area contributed by atoms with E-state index in [2.05, 4.69) is 24.9 Å². The van der Waals surface area contributed by atoms with Crippen molar-refractivity contribution in [1.82, 2.24) is 0 Å². The van der Waals surface area contributed by atoms with E-state index >= 15 is 0 Å². The van der Waals surface area contributed by atoms with Gasteiger partial charge >= 0.3 is 0 Å². The Bertz CT molecular complexity index is 917. The van der Waals surface area contributed by atoms with Crippen LogP contribution in [-0.2, 0) is 16.0 Å². The number of aryl methyl sites for hydroxylation is 2. The molecule has 2 aromatic rings. The molecular formula is C24H28N2O2. The maximum Gasteiger partial charge on any atom is 0.230 e. The largest absolute Gasteiger partial charge is 0.326 e. The summed E-state index contributed by atoms with van der Waals surface area (Å²) in [4.78, 5) is 27.4. The van der Waals surface area contributed by atoms with Crippen molar-refractivity contribution in [1.29, 1.82) is 0 Å². The predicted molar refractivity (Wildman–Crippen MR) is 115 cm³/mol. The molecule has 1 unspecified atom stereocenters. The summed E-state index contributed by atoms with van der Waals surface area (Å²) in [6.45, 7) is 10.5. The van der Waals surface area contributed by atoms with E-state index in [4.69, 9.17) is 0 Å². The monoisotopic (exact) mass is 376 g/mol. The second kappa shape index (κ2) is 8.42. The summed E-state index contributed by atoms with van der Waals surface area (Å²) >= 11 is 0. The molecule has 0 fully saturated rings. The molecule has 0 spiro atoms. The van der Waals surface area contributed by atoms with E-state index < -0.39 is 0 Å². The fourth-order valence-corrected chi connectivity index (χ4v) is 3.75. The van der Waals surface area contributed by atoms with Crippen LogP contribution in [0.25, 0.3) is 5.57 Å². The highest BCUT2D eigenvalue weighted by molar-refractivity contribution is 6.00. The van der Waals surface area contributed by atoms with E-state index in [9.17, 15) is 9.59 Å². The van der Waals surface area contributed by atoms with Crippen molar-refractivity contribution >= 4 is 28.8 Å². The summed E-state index contributed by atoms with van der Waals surface area (Å²) in [5.74, 6) is -0.534. The van der Waals surface area contributed by atoms with Crippen molar-refractivity contribution in [3.05, 3.63) is 65.7 Å². The van der Waals surface area contributed by atoms with Gasteiger partial charge in [0.05, 0.1) is 0 Å². The van der Waals surface area contributed by atoms with Gasteiger partial charge in [-0.25, -0.2) is 0 Å². The number of para-hydroxylation sites is 1. The molecule has 1 aliphatic heterocycles. The van der Waals surface area contributed by atoms with Crippen molar-refractivity contribution in [2.75, 3.05) is 16.8 Å². The van der Waals surface area contributed by atoms with Crippen LogP contribution in [0.2, 0.25) is 0 Å². The van der Waals surface area contributed by atoms with Crippen LogP contribution in [0.4, 0.5) is 11.4 Å². The van der Waals surface area contributed by atoms with Gasteiger partial charge < -0.3 is 10.2 Å². The van der Waals surface area contributed by atoms with Crippen LogP contribution in [0.1, 0.15) is 43.4 Å². The van der Waals surface area contributed by atoms with Gasteiger partial charge in [-0.05, 0) is 50.0 Å². The molecule has 0 radical (unpaired) electrons. The summed E-state index contributed by atoms with van der Waals surface area (Å²) in [6, 6.07) is 13.8. The Morgan fingerprint density at radius 2 is 1.96 bits per heavy atom. The molecular weight excluding hydrogens is 348 g/mol. The average Bonchev–Trinajstić information content (AvgIpc) is 2.66. The Kier molecular flexibility index (Phi) is 5.98. The molecule has 28 heavy (non-hydrogen) atoms. The van der Waals surface area contributed by atoms with Crippen molar-refractivity contribution in [3.63, 3.8) is 0 Å². The molecule has 4 heteroatoms.